The Balaban J connectivity index is 1.59. The molecule has 2 aliphatic rings. The summed E-state index contributed by atoms with van der Waals surface area (Å²) in [4.78, 5) is 28.3. The van der Waals surface area contributed by atoms with Gasteiger partial charge in [-0.15, -0.1) is 0 Å². The normalized spacial score (nSPS) is 18.3. The van der Waals surface area contributed by atoms with Crippen molar-refractivity contribution in [3.63, 3.8) is 0 Å². The van der Waals surface area contributed by atoms with Gasteiger partial charge in [0.1, 0.15) is 0 Å². The summed E-state index contributed by atoms with van der Waals surface area (Å²) in [5.41, 5.74) is 5.79. The number of carbonyl (C=O) groups is 2. The van der Waals surface area contributed by atoms with Crippen molar-refractivity contribution >= 4 is 22.7 Å². The lowest BCUT2D eigenvalue weighted by atomic mass is 9.90. The van der Waals surface area contributed by atoms with E-state index in [0.717, 1.165) is 30.8 Å². The number of hydrogen-bond donors (Lipinski definition) is 0. The Morgan fingerprint density at radius 2 is 1.83 bits per heavy atom. The van der Waals surface area contributed by atoms with E-state index in [9.17, 15) is 9.59 Å². The monoisotopic (exact) mass is 387 g/mol. The fraction of sp³-hybridized carbons (Fsp3) is 0.333. The first-order chi connectivity index (χ1) is 14.1. The molecule has 0 radical (unpaired) electrons. The smallest absolute Gasteiger partial charge is 0.320 e. The van der Waals surface area contributed by atoms with Gasteiger partial charge in [-0.2, -0.15) is 0 Å². The average molecular weight is 387 g/mol. The fourth-order valence-corrected chi connectivity index (χ4v) is 4.92. The van der Waals surface area contributed by atoms with E-state index in [1.54, 1.807) is 0 Å². The van der Waals surface area contributed by atoms with Crippen molar-refractivity contribution in [2.75, 3.05) is 20.1 Å². The molecule has 2 bridgehead atoms. The number of fused-ring (bicyclic) bond motifs is 6. The van der Waals surface area contributed by atoms with E-state index in [4.69, 9.17) is 0 Å². The number of nitrogens with zero attached hydrogens (tertiary/aromatic N) is 3. The quantitative estimate of drug-likeness (QED) is 0.629. The Morgan fingerprint density at radius 1 is 1.07 bits per heavy atom. The topological polar surface area (TPSA) is 45.6 Å². The molecule has 3 aromatic rings. The minimum absolute atomic E-state index is 0.117. The fourth-order valence-electron chi connectivity index (χ4n) is 4.92. The maximum Gasteiger partial charge on any atom is 0.320 e. The minimum atomic E-state index is 0.117. The summed E-state index contributed by atoms with van der Waals surface area (Å²) < 4.78 is 2.36. The highest BCUT2D eigenvalue weighted by molar-refractivity contribution is 5.95. The van der Waals surface area contributed by atoms with Crippen LogP contribution in [-0.4, -0.2) is 46.3 Å². The van der Waals surface area contributed by atoms with E-state index in [2.05, 4.69) is 28.8 Å². The molecule has 1 fully saturated rings. The number of aromatic nitrogens is 1. The second-order valence-corrected chi connectivity index (χ2v) is 8.18. The van der Waals surface area contributed by atoms with E-state index < -0.39 is 0 Å². The van der Waals surface area contributed by atoms with Crippen molar-refractivity contribution in [1.29, 1.82) is 0 Å². The predicted molar refractivity (Wildman–Crippen MR) is 113 cm³/mol. The van der Waals surface area contributed by atoms with Crippen LogP contribution in [0.4, 0.5) is 4.79 Å². The number of carbonyl (C=O) groups excluding carboxylic acids is 2. The van der Waals surface area contributed by atoms with Crippen LogP contribution in [0.3, 0.4) is 0 Å². The van der Waals surface area contributed by atoms with Crippen molar-refractivity contribution in [1.82, 2.24) is 14.4 Å². The second kappa shape index (κ2) is 6.76. The summed E-state index contributed by atoms with van der Waals surface area (Å²) in [5, 5.41) is 1.30. The molecule has 29 heavy (non-hydrogen) atoms. The molecule has 2 aromatic carbocycles. The van der Waals surface area contributed by atoms with E-state index in [1.165, 1.54) is 22.2 Å². The Kier molecular flexibility index (Phi) is 4.19. The van der Waals surface area contributed by atoms with Gasteiger partial charge in [0.05, 0.1) is 6.54 Å². The summed E-state index contributed by atoms with van der Waals surface area (Å²) in [7, 11) is 1.89. The van der Waals surface area contributed by atoms with E-state index >= 15 is 0 Å². The summed E-state index contributed by atoms with van der Waals surface area (Å²) in [5.74, 6) is 0.515. The third-order valence-corrected chi connectivity index (χ3v) is 6.34. The van der Waals surface area contributed by atoms with Crippen LogP contribution in [0, 0.1) is 0 Å². The van der Waals surface area contributed by atoms with Crippen molar-refractivity contribution < 1.29 is 9.59 Å². The van der Waals surface area contributed by atoms with Crippen LogP contribution in [0.15, 0.2) is 48.5 Å². The number of Topliss-reactive ketones (excluding diaryl/α,β-unsaturated/α-hetero) is 1. The summed E-state index contributed by atoms with van der Waals surface area (Å²) >= 11 is 0. The lowest BCUT2D eigenvalue weighted by Crippen LogP contribution is -2.53. The predicted octanol–water partition coefficient (Wildman–Crippen LogP) is 4.25. The summed E-state index contributed by atoms with van der Waals surface area (Å²) in [6, 6.07) is 16.6. The third-order valence-electron chi connectivity index (χ3n) is 6.34. The molecule has 0 spiro atoms. The van der Waals surface area contributed by atoms with Gasteiger partial charge in [-0.05, 0) is 17.2 Å². The highest BCUT2D eigenvalue weighted by atomic mass is 16.2. The van der Waals surface area contributed by atoms with Crippen molar-refractivity contribution in [3.05, 3.63) is 70.9 Å². The lowest BCUT2D eigenvalue weighted by molar-refractivity contribution is 0.0988. The molecule has 0 aliphatic carbocycles. The molecular formula is C24H25N3O2. The van der Waals surface area contributed by atoms with Crippen LogP contribution < -0.4 is 0 Å². The molecule has 2 aliphatic heterocycles. The molecular weight excluding hydrogens is 362 g/mol. The van der Waals surface area contributed by atoms with E-state index in [1.807, 2.05) is 48.0 Å². The van der Waals surface area contributed by atoms with Gasteiger partial charge in [-0.1, -0.05) is 49.4 Å². The largest absolute Gasteiger partial charge is 0.338 e. The van der Waals surface area contributed by atoms with Gasteiger partial charge in [-0.3, -0.25) is 4.79 Å². The van der Waals surface area contributed by atoms with Gasteiger partial charge in [0.25, 0.3) is 0 Å². The minimum Gasteiger partial charge on any atom is -0.338 e. The molecule has 5 nitrogen and oxygen atoms in total. The second-order valence-electron chi connectivity index (χ2n) is 8.18. The van der Waals surface area contributed by atoms with Crippen LogP contribution in [0.2, 0.25) is 0 Å². The molecule has 148 valence electrons. The van der Waals surface area contributed by atoms with Crippen LogP contribution in [0.25, 0.3) is 10.9 Å². The Morgan fingerprint density at radius 3 is 2.59 bits per heavy atom. The van der Waals surface area contributed by atoms with Crippen LogP contribution in [0.1, 0.15) is 46.4 Å². The van der Waals surface area contributed by atoms with E-state index in [0.29, 0.717) is 18.9 Å². The zero-order valence-corrected chi connectivity index (χ0v) is 16.9. The molecule has 2 amide bonds. The highest BCUT2D eigenvalue weighted by Gasteiger charge is 2.38. The third kappa shape index (κ3) is 2.84. The molecule has 1 aromatic heterocycles. The number of benzene rings is 2. The summed E-state index contributed by atoms with van der Waals surface area (Å²) in [6.07, 6.45) is 0.523. The standard InChI is InChI=1S/C24H25N3O2/c1-3-22(28)17-10-8-16(9-11-17)12-27-20-7-5-4-6-19(20)23-18-13-25(2)24(29)26(14-18)15-21(23)27/h4-11,18H,3,12-15H2,1-2H3. The van der Waals surface area contributed by atoms with Crippen molar-refractivity contribution in [3.8, 4) is 0 Å². The zero-order valence-electron chi connectivity index (χ0n) is 16.9. The molecule has 5 rings (SSSR count). The van der Waals surface area contributed by atoms with Gasteiger partial charge in [0.15, 0.2) is 5.78 Å². The maximum atomic E-state index is 12.6. The van der Waals surface area contributed by atoms with Gasteiger partial charge < -0.3 is 14.4 Å². The number of hydrogen-bond acceptors (Lipinski definition) is 2. The first-order valence-electron chi connectivity index (χ1n) is 10.3. The Bertz CT molecular complexity index is 1110. The molecule has 3 heterocycles. The van der Waals surface area contributed by atoms with Gasteiger partial charge in [0, 0.05) is 61.2 Å². The number of amides is 2. The van der Waals surface area contributed by atoms with Gasteiger partial charge >= 0.3 is 6.03 Å². The summed E-state index contributed by atoms with van der Waals surface area (Å²) in [6.45, 7) is 4.85. The van der Waals surface area contributed by atoms with Crippen molar-refractivity contribution in [2.24, 2.45) is 0 Å². The number of rotatable bonds is 4. The number of para-hydroxylation sites is 1. The average Bonchev–Trinajstić information content (AvgIpc) is 3.06. The zero-order chi connectivity index (χ0) is 20.1. The van der Waals surface area contributed by atoms with Crippen LogP contribution in [-0.2, 0) is 13.1 Å². The first kappa shape index (κ1) is 18.0. The molecule has 0 N–H and O–H groups in total. The number of urea groups is 1. The van der Waals surface area contributed by atoms with Crippen molar-refractivity contribution in [2.45, 2.75) is 32.4 Å². The van der Waals surface area contributed by atoms with E-state index in [-0.39, 0.29) is 11.8 Å². The first-order valence-corrected chi connectivity index (χ1v) is 10.3. The number of likely N-dealkylation sites (N-methyl/N-ethyl adjacent to an activating group) is 1. The van der Waals surface area contributed by atoms with Gasteiger partial charge in [0.2, 0.25) is 0 Å². The van der Waals surface area contributed by atoms with Crippen LogP contribution in [0.5, 0.6) is 0 Å². The highest BCUT2D eigenvalue weighted by Crippen LogP contribution is 2.40. The van der Waals surface area contributed by atoms with Gasteiger partial charge in [-0.25, -0.2) is 4.79 Å². The number of ketones is 1. The molecule has 1 saturated heterocycles. The van der Waals surface area contributed by atoms with Crippen LogP contribution >= 0.6 is 0 Å². The Hall–Kier alpha value is -3.08. The molecule has 1 unspecified atom stereocenters. The molecule has 0 saturated carbocycles. The lowest BCUT2D eigenvalue weighted by Gasteiger charge is -2.42. The molecule has 1 atom stereocenters. The Labute approximate surface area is 170 Å². The molecule has 5 heteroatoms. The maximum absolute atomic E-state index is 12.6. The SMILES string of the molecule is CCC(=O)c1ccc(Cn2c3c(c4ccccc42)C2CN(C)C(=O)N(C3)C2)cc1.